The third kappa shape index (κ3) is 2.40. The molecular weight excluding hydrogens is 208 g/mol. The van der Waals surface area contributed by atoms with Crippen LogP contribution in [0.5, 0.6) is 0 Å². The van der Waals surface area contributed by atoms with Crippen molar-refractivity contribution in [1.29, 1.82) is 0 Å². The Morgan fingerprint density at radius 1 is 1.13 bits per heavy atom. The number of hydrogen-bond donors (Lipinski definition) is 0. The smallest absolute Gasteiger partial charge is 0.167 e. The highest BCUT2D eigenvalue weighted by Gasteiger charge is 2.23. The van der Waals surface area contributed by atoms with Gasteiger partial charge in [-0.15, -0.1) is 0 Å². The largest absolute Gasteiger partial charge is 0.294 e. The molecule has 80 valence electrons. The highest BCUT2D eigenvalue weighted by Crippen LogP contribution is 2.29. The monoisotopic (exact) mass is 222 g/mol. The zero-order valence-electron chi connectivity index (χ0n) is 8.71. The van der Waals surface area contributed by atoms with Crippen LogP contribution in [0, 0.1) is 5.92 Å². The first-order valence-electron chi connectivity index (χ1n) is 5.58. The number of carbonyl (C=O) groups excluding carboxylic acids is 1. The van der Waals surface area contributed by atoms with E-state index in [9.17, 15) is 4.79 Å². The van der Waals surface area contributed by atoms with Crippen LogP contribution in [-0.4, -0.2) is 5.78 Å². The minimum Gasteiger partial charge on any atom is -0.294 e. The molecule has 2 rings (SSSR count). The van der Waals surface area contributed by atoms with E-state index >= 15 is 0 Å². The van der Waals surface area contributed by atoms with Gasteiger partial charge in [-0.2, -0.15) is 0 Å². The first-order valence-corrected chi connectivity index (χ1v) is 5.95. The van der Waals surface area contributed by atoms with Crippen molar-refractivity contribution >= 4 is 17.4 Å². The average Bonchev–Trinajstić information content (AvgIpc) is 2.30. The van der Waals surface area contributed by atoms with Crippen molar-refractivity contribution in [3.05, 3.63) is 34.9 Å². The normalized spacial score (nSPS) is 17.7. The molecule has 0 spiro atoms. The fourth-order valence-corrected chi connectivity index (χ4v) is 2.47. The van der Waals surface area contributed by atoms with Crippen LogP contribution >= 0.6 is 11.6 Å². The van der Waals surface area contributed by atoms with Crippen molar-refractivity contribution < 1.29 is 4.79 Å². The predicted octanol–water partition coefficient (Wildman–Crippen LogP) is 4.10. The van der Waals surface area contributed by atoms with E-state index < -0.39 is 0 Å². The van der Waals surface area contributed by atoms with Gasteiger partial charge in [-0.25, -0.2) is 0 Å². The third-order valence-corrected chi connectivity index (χ3v) is 3.44. The van der Waals surface area contributed by atoms with E-state index in [1.54, 1.807) is 6.07 Å². The van der Waals surface area contributed by atoms with Crippen molar-refractivity contribution in [2.75, 3.05) is 0 Å². The number of hydrogen-bond acceptors (Lipinski definition) is 1. The SMILES string of the molecule is O=C(c1ccccc1Cl)C1CCCCC1. The number of benzene rings is 1. The summed E-state index contributed by atoms with van der Waals surface area (Å²) in [5.41, 5.74) is 0.700. The molecule has 1 aromatic rings. The Balaban J connectivity index is 2.16. The lowest BCUT2D eigenvalue weighted by Crippen LogP contribution is -2.18. The molecule has 1 aliphatic rings. The van der Waals surface area contributed by atoms with Gasteiger partial charge in [0.05, 0.1) is 5.02 Å². The second kappa shape index (κ2) is 4.80. The number of halogens is 1. The van der Waals surface area contributed by atoms with Gasteiger partial charge in [0.2, 0.25) is 0 Å². The van der Waals surface area contributed by atoms with E-state index in [1.807, 2.05) is 18.2 Å². The molecule has 15 heavy (non-hydrogen) atoms. The predicted molar refractivity (Wildman–Crippen MR) is 62.4 cm³/mol. The van der Waals surface area contributed by atoms with Crippen LogP contribution in [0.25, 0.3) is 0 Å². The standard InChI is InChI=1S/C13H15ClO/c14-12-9-5-4-8-11(12)13(15)10-6-2-1-3-7-10/h4-5,8-10H,1-3,6-7H2. The minimum atomic E-state index is 0.207. The first kappa shape index (κ1) is 10.7. The van der Waals surface area contributed by atoms with Gasteiger partial charge in [-0.05, 0) is 25.0 Å². The lowest BCUT2D eigenvalue weighted by Gasteiger charge is -2.20. The Kier molecular flexibility index (Phi) is 3.42. The summed E-state index contributed by atoms with van der Waals surface area (Å²) >= 11 is 6.02. The van der Waals surface area contributed by atoms with Crippen LogP contribution in [0.3, 0.4) is 0 Å². The summed E-state index contributed by atoms with van der Waals surface area (Å²) in [6.07, 6.45) is 5.70. The molecule has 0 aliphatic heterocycles. The second-order valence-corrected chi connectivity index (χ2v) is 4.59. The summed E-state index contributed by atoms with van der Waals surface area (Å²) in [5, 5.41) is 0.591. The van der Waals surface area contributed by atoms with Gasteiger partial charge in [-0.3, -0.25) is 4.79 Å². The Bertz CT molecular complexity index is 353. The van der Waals surface area contributed by atoms with Gasteiger partial charge in [0.1, 0.15) is 0 Å². The lowest BCUT2D eigenvalue weighted by molar-refractivity contribution is 0.0889. The van der Waals surface area contributed by atoms with Gasteiger partial charge in [-0.1, -0.05) is 43.0 Å². The van der Waals surface area contributed by atoms with Crippen LogP contribution < -0.4 is 0 Å². The van der Waals surface area contributed by atoms with Crippen molar-refractivity contribution in [2.24, 2.45) is 5.92 Å². The highest BCUT2D eigenvalue weighted by atomic mass is 35.5. The Hall–Kier alpha value is -0.820. The van der Waals surface area contributed by atoms with Crippen LogP contribution in [0.4, 0.5) is 0 Å². The molecule has 0 bridgehead atoms. The van der Waals surface area contributed by atoms with Crippen molar-refractivity contribution in [3.8, 4) is 0 Å². The Morgan fingerprint density at radius 3 is 2.47 bits per heavy atom. The zero-order chi connectivity index (χ0) is 10.7. The third-order valence-electron chi connectivity index (χ3n) is 3.12. The molecular formula is C13H15ClO. The fraction of sp³-hybridized carbons (Fsp3) is 0.462. The van der Waals surface area contributed by atoms with Crippen LogP contribution in [0.2, 0.25) is 5.02 Å². The summed E-state index contributed by atoms with van der Waals surface area (Å²) in [5.74, 6) is 0.443. The molecule has 0 heterocycles. The summed E-state index contributed by atoms with van der Waals surface area (Å²) in [6.45, 7) is 0. The maximum absolute atomic E-state index is 12.1. The summed E-state index contributed by atoms with van der Waals surface area (Å²) < 4.78 is 0. The number of carbonyl (C=O) groups is 1. The Labute approximate surface area is 95.4 Å². The molecule has 0 unspecified atom stereocenters. The summed E-state index contributed by atoms with van der Waals surface area (Å²) in [7, 11) is 0. The zero-order valence-corrected chi connectivity index (χ0v) is 9.46. The number of Topliss-reactive ketones (excluding diaryl/α,β-unsaturated/α-hetero) is 1. The van der Waals surface area contributed by atoms with Crippen LogP contribution in [0.1, 0.15) is 42.5 Å². The van der Waals surface area contributed by atoms with E-state index in [-0.39, 0.29) is 11.7 Å². The molecule has 1 aliphatic carbocycles. The van der Waals surface area contributed by atoms with Gasteiger partial charge in [0.15, 0.2) is 5.78 Å². The van der Waals surface area contributed by atoms with E-state index in [0.717, 1.165) is 12.8 Å². The van der Waals surface area contributed by atoms with E-state index in [2.05, 4.69) is 0 Å². The molecule has 1 aromatic carbocycles. The van der Waals surface area contributed by atoms with Gasteiger partial charge in [0, 0.05) is 11.5 Å². The lowest BCUT2D eigenvalue weighted by atomic mass is 9.84. The number of ketones is 1. The van der Waals surface area contributed by atoms with Crippen molar-refractivity contribution in [1.82, 2.24) is 0 Å². The molecule has 0 saturated heterocycles. The second-order valence-electron chi connectivity index (χ2n) is 4.18. The van der Waals surface area contributed by atoms with E-state index in [4.69, 9.17) is 11.6 Å². The molecule has 2 heteroatoms. The summed E-state index contributed by atoms with van der Waals surface area (Å²) in [4.78, 5) is 12.1. The number of rotatable bonds is 2. The van der Waals surface area contributed by atoms with Gasteiger partial charge in [0.25, 0.3) is 0 Å². The molecule has 1 saturated carbocycles. The maximum atomic E-state index is 12.1. The topological polar surface area (TPSA) is 17.1 Å². The van der Waals surface area contributed by atoms with Crippen molar-refractivity contribution in [2.45, 2.75) is 32.1 Å². The van der Waals surface area contributed by atoms with E-state index in [1.165, 1.54) is 19.3 Å². The molecule has 0 amide bonds. The highest BCUT2D eigenvalue weighted by molar-refractivity contribution is 6.34. The molecule has 0 atom stereocenters. The molecule has 0 aromatic heterocycles. The first-order chi connectivity index (χ1) is 7.29. The van der Waals surface area contributed by atoms with E-state index in [0.29, 0.717) is 10.6 Å². The van der Waals surface area contributed by atoms with Crippen LogP contribution in [-0.2, 0) is 0 Å². The maximum Gasteiger partial charge on any atom is 0.167 e. The molecule has 1 fully saturated rings. The Morgan fingerprint density at radius 2 is 1.80 bits per heavy atom. The van der Waals surface area contributed by atoms with Gasteiger partial charge < -0.3 is 0 Å². The molecule has 0 N–H and O–H groups in total. The molecule has 1 nitrogen and oxygen atoms in total. The molecule has 0 radical (unpaired) electrons. The van der Waals surface area contributed by atoms with Gasteiger partial charge >= 0.3 is 0 Å². The average molecular weight is 223 g/mol. The fourth-order valence-electron chi connectivity index (χ4n) is 2.25. The quantitative estimate of drug-likeness (QED) is 0.689. The van der Waals surface area contributed by atoms with Crippen molar-refractivity contribution in [3.63, 3.8) is 0 Å². The minimum absolute atomic E-state index is 0.207. The van der Waals surface area contributed by atoms with Crippen LogP contribution in [0.15, 0.2) is 24.3 Å². The summed E-state index contributed by atoms with van der Waals surface area (Å²) in [6, 6.07) is 7.36.